The van der Waals surface area contributed by atoms with E-state index in [0.717, 1.165) is 48.3 Å². The average molecular weight is 925 g/mol. The molecule has 6 aromatic carbocycles. The van der Waals surface area contributed by atoms with E-state index in [1.54, 1.807) is 23.5 Å². The summed E-state index contributed by atoms with van der Waals surface area (Å²) in [6.07, 6.45) is 6.37. The number of thiocarbonyl (C=S) groups is 2. The SMILES string of the molecule is CCCCSC(=S)OC(CC)c1ccc(-c2ccc(-c3ccc4c(c3)sc3c5ccc(-c6ccc(-c7ccc(C(CC)OC(=S)SCCCC)cc7)cc6)cc5sc43)cc2)cc1. The molecule has 62 heavy (non-hydrogen) atoms. The molecule has 0 aliphatic heterocycles. The molecular weight excluding hydrogens is 873 g/mol. The highest BCUT2D eigenvalue weighted by molar-refractivity contribution is 8.22. The Morgan fingerprint density at radius 3 is 1.08 bits per heavy atom. The Hall–Kier alpha value is -4.02. The number of fused-ring (bicyclic) bond motifs is 5. The molecule has 0 N–H and O–H groups in total. The second-order valence-corrected chi connectivity index (χ2v) is 21.1. The molecule has 0 aliphatic rings. The van der Waals surface area contributed by atoms with Gasteiger partial charge in [0.1, 0.15) is 12.2 Å². The van der Waals surface area contributed by atoms with Crippen LogP contribution in [0.1, 0.15) is 89.6 Å². The molecule has 0 saturated heterocycles. The Morgan fingerprint density at radius 2 is 0.758 bits per heavy atom. The molecule has 2 nitrogen and oxygen atoms in total. The summed E-state index contributed by atoms with van der Waals surface area (Å²) in [6, 6.07) is 49.3. The fourth-order valence-electron chi connectivity index (χ4n) is 7.78. The van der Waals surface area contributed by atoms with Gasteiger partial charge in [-0.1, -0.05) is 185 Å². The third kappa shape index (κ3) is 10.3. The fourth-order valence-corrected chi connectivity index (χ4v) is 12.8. The van der Waals surface area contributed by atoms with Crippen LogP contribution >= 0.6 is 70.6 Å². The van der Waals surface area contributed by atoms with Crippen molar-refractivity contribution in [3.05, 3.63) is 145 Å². The van der Waals surface area contributed by atoms with E-state index < -0.39 is 0 Å². The predicted octanol–water partition coefficient (Wildman–Crippen LogP) is 18.5. The molecule has 0 radical (unpaired) electrons. The van der Waals surface area contributed by atoms with Crippen LogP contribution in [0.3, 0.4) is 0 Å². The Labute approximate surface area is 394 Å². The van der Waals surface area contributed by atoms with Crippen LogP contribution in [0.2, 0.25) is 0 Å². The minimum atomic E-state index is -0.0177. The highest BCUT2D eigenvalue weighted by Gasteiger charge is 2.17. The van der Waals surface area contributed by atoms with Crippen molar-refractivity contribution in [1.82, 2.24) is 0 Å². The van der Waals surface area contributed by atoms with Gasteiger partial charge in [0.25, 0.3) is 0 Å². The third-order valence-corrected chi connectivity index (χ3v) is 16.5. The van der Waals surface area contributed by atoms with Crippen molar-refractivity contribution in [3.63, 3.8) is 0 Å². The molecule has 0 saturated carbocycles. The summed E-state index contributed by atoms with van der Waals surface area (Å²) in [5.41, 5.74) is 12.1. The number of hydrogen-bond acceptors (Lipinski definition) is 8. The summed E-state index contributed by atoms with van der Waals surface area (Å²) < 4.78 is 19.0. The van der Waals surface area contributed by atoms with Gasteiger partial charge < -0.3 is 9.47 Å². The molecule has 2 unspecified atom stereocenters. The van der Waals surface area contributed by atoms with Crippen LogP contribution < -0.4 is 0 Å². The Bertz CT molecular complexity index is 2570. The van der Waals surface area contributed by atoms with Crippen LogP contribution in [-0.4, -0.2) is 20.3 Å². The molecular formula is C54H52O2S6. The van der Waals surface area contributed by atoms with Gasteiger partial charge in [-0.3, -0.25) is 0 Å². The molecule has 0 spiro atoms. The number of thiophene rings is 2. The molecule has 8 heteroatoms. The Balaban J connectivity index is 0.929. The second kappa shape index (κ2) is 21.1. The summed E-state index contributed by atoms with van der Waals surface area (Å²) in [7, 11) is 0. The minimum Gasteiger partial charge on any atom is -0.470 e. The number of ether oxygens (including phenoxy) is 2. The van der Waals surface area contributed by atoms with Crippen molar-refractivity contribution in [1.29, 1.82) is 0 Å². The average Bonchev–Trinajstić information content (AvgIpc) is 3.85. The van der Waals surface area contributed by atoms with E-state index in [4.69, 9.17) is 33.9 Å². The predicted molar refractivity (Wildman–Crippen MR) is 285 cm³/mol. The lowest BCUT2D eigenvalue weighted by Gasteiger charge is -2.18. The largest absolute Gasteiger partial charge is 0.470 e. The first kappa shape index (κ1) is 44.6. The summed E-state index contributed by atoms with van der Waals surface area (Å²) in [4.78, 5) is 0. The molecule has 0 fully saturated rings. The van der Waals surface area contributed by atoms with Crippen molar-refractivity contribution < 1.29 is 9.47 Å². The van der Waals surface area contributed by atoms with E-state index in [1.807, 2.05) is 22.7 Å². The van der Waals surface area contributed by atoms with Crippen molar-refractivity contribution in [3.8, 4) is 44.5 Å². The van der Waals surface area contributed by atoms with Crippen molar-refractivity contribution >= 4 is 109 Å². The standard InChI is InChI=1S/C54H52O2S6/c1-5-9-31-59-53(57)55-47(7-3)41-23-19-37(20-24-41)35-11-15-39(16-12-35)43-27-29-45-49(33-43)61-52-46-30-28-44(34-50(46)62-51(45)52)40-17-13-36(14-18-40)38-21-25-42(26-22-38)48(8-4)56-54(58)60-32-10-6-2/h11-30,33-34,47-48H,5-10,31-32H2,1-4H3. The van der Waals surface area contributed by atoms with Crippen LogP contribution in [0.5, 0.6) is 0 Å². The van der Waals surface area contributed by atoms with Crippen molar-refractivity contribution in [2.45, 2.75) is 78.4 Å². The lowest BCUT2D eigenvalue weighted by atomic mass is 9.98. The van der Waals surface area contributed by atoms with E-state index in [2.05, 4.69) is 161 Å². The van der Waals surface area contributed by atoms with Gasteiger partial charge in [0.05, 0.1) is 9.40 Å². The maximum atomic E-state index is 6.16. The number of benzene rings is 6. The first-order chi connectivity index (χ1) is 30.3. The van der Waals surface area contributed by atoms with Gasteiger partial charge in [-0.05, 0) is 118 Å². The van der Waals surface area contributed by atoms with Crippen LogP contribution in [0.25, 0.3) is 74.1 Å². The van der Waals surface area contributed by atoms with Crippen LogP contribution in [0.15, 0.2) is 133 Å². The molecule has 0 bridgehead atoms. The van der Waals surface area contributed by atoms with E-state index in [1.165, 1.54) is 86.9 Å². The van der Waals surface area contributed by atoms with Crippen molar-refractivity contribution in [2.75, 3.05) is 11.5 Å². The number of unbranched alkanes of at least 4 members (excludes halogenated alkanes) is 2. The fraction of sp³-hybridized carbons (Fsp3) is 0.259. The zero-order chi connectivity index (χ0) is 43.0. The van der Waals surface area contributed by atoms with Crippen molar-refractivity contribution in [2.24, 2.45) is 0 Å². The molecule has 2 atom stereocenters. The lowest BCUT2D eigenvalue weighted by molar-refractivity contribution is 0.200. The van der Waals surface area contributed by atoms with Crippen LogP contribution in [0.4, 0.5) is 0 Å². The number of thioether (sulfide) groups is 2. The Kier molecular flexibility index (Phi) is 15.2. The number of hydrogen-bond donors (Lipinski definition) is 0. The summed E-state index contributed by atoms with van der Waals surface area (Å²) >= 11 is 18.1. The van der Waals surface area contributed by atoms with Crippen LogP contribution in [0, 0.1) is 0 Å². The maximum absolute atomic E-state index is 6.16. The van der Waals surface area contributed by atoms with Gasteiger partial charge in [0.2, 0.25) is 8.77 Å². The van der Waals surface area contributed by atoms with E-state index in [0.29, 0.717) is 8.77 Å². The first-order valence-electron chi connectivity index (χ1n) is 21.8. The van der Waals surface area contributed by atoms with Gasteiger partial charge in [0.15, 0.2) is 0 Å². The summed E-state index contributed by atoms with van der Waals surface area (Å²) in [5, 5.41) is 2.67. The topological polar surface area (TPSA) is 18.5 Å². The van der Waals surface area contributed by atoms with Gasteiger partial charge in [-0.2, -0.15) is 0 Å². The summed E-state index contributed by atoms with van der Waals surface area (Å²) in [6.45, 7) is 8.70. The molecule has 0 aliphatic carbocycles. The van der Waals surface area contributed by atoms with E-state index in [-0.39, 0.29) is 12.2 Å². The third-order valence-electron chi connectivity index (χ3n) is 11.4. The Morgan fingerprint density at radius 1 is 0.452 bits per heavy atom. The molecule has 2 aromatic heterocycles. The van der Waals surface area contributed by atoms with Gasteiger partial charge in [-0.25, -0.2) is 0 Å². The molecule has 0 amide bonds. The van der Waals surface area contributed by atoms with Crippen LogP contribution in [-0.2, 0) is 9.47 Å². The highest BCUT2D eigenvalue weighted by Crippen LogP contribution is 2.46. The summed E-state index contributed by atoms with van der Waals surface area (Å²) in [5.74, 6) is 2.03. The normalized spacial score (nSPS) is 12.5. The number of rotatable bonds is 16. The smallest absolute Gasteiger partial charge is 0.220 e. The van der Waals surface area contributed by atoms with E-state index >= 15 is 0 Å². The van der Waals surface area contributed by atoms with Gasteiger partial charge >= 0.3 is 0 Å². The molecule has 316 valence electrons. The van der Waals surface area contributed by atoms with Gasteiger partial charge in [0, 0.05) is 31.7 Å². The second-order valence-electron chi connectivity index (χ2n) is 15.6. The zero-order valence-electron chi connectivity index (χ0n) is 35.8. The van der Waals surface area contributed by atoms with E-state index in [9.17, 15) is 0 Å². The first-order valence-corrected chi connectivity index (χ1v) is 26.2. The highest BCUT2D eigenvalue weighted by atomic mass is 32.2. The quantitative estimate of drug-likeness (QED) is 0.0705. The molecule has 8 rings (SSSR count). The molecule has 2 heterocycles. The lowest BCUT2D eigenvalue weighted by Crippen LogP contribution is -2.07. The monoisotopic (exact) mass is 924 g/mol. The minimum absolute atomic E-state index is 0.0177. The maximum Gasteiger partial charge on any atom is 0.220 e. The molecule has 8 aromatic rings. The van der Waals surface area contributed by atoms with Gasteiger partial charge in [-0.15, -0.1) is 22.7 Å². The zero-order valence-corrected chi connectivity index (χ0v) is 40.7.